The van der Waals surface area contributed by atoms with Gasteiger partial charge in [0.2, 0.25) is 0 Å². The van der Waals surface area contributed by atoms with E-state index in [-0.39, 0.29) is 11.6 Å². The lowest BCUT2D eigenvalue weighted by Crippen LogP contribution is -2.22. The number of aromatic nitrogens is 3. The lowest BCUT2D eigenvalue weighted by molar-refractivity contribution is -0.384. The zero-order valence-electron chi connectivity index (χ0n) is 14.8. The number of non-ortho nitro benzene ring substituents is 1. The number of hydrogen-bond acceptors (Lipinski definition) is 6. The molecule has 1 amide bonds. The highest BCUT2D eigenvalue weighted by atomic mass is 32.1. The Hall–Kier alpha value is -3.59. The van der Waals surface area contributed by atoms with Crippen LogP contribution in [0, 0.1) is 17.0 Å². The van der Waals surface area contributed by atoms with Crippen molar-refractivity contribution in [2.75, 3.05) is 0 Å². The number of nitrogens with one attached hydrogen (secondary N) is 1. The number of fused-ring (bicyclic) bond motifs is 1. The molecule has 140 valence electrons. The van der Waals surface area contributed by atoms with Gasteiger partial charge in [-0.3, -0.25) is 24.3 Å². The number of benzene rings is 1. The molecule has 9 heteroatoms. The molecule has 0 aliphatic carbocycles. The monoisotopic (exact) mass is 393 g/mol. The van der Waals surface area contributed by atoms with Gasteiger partial charge in [0.25, 0.3) is 11.6 Å². The van der Waals surface area contributed by atoms with Crippen molar-refractivity contribution < 1.29 is 9.72 Å². The van der Waals surface area contributed by atoms with Crippen LogP contribution in [0.3, 0.4) is 0 Å². The summed E-state index contributed by atoms with van der Waals surface area (Å²) in [5.74, 6) is -0.172. The van der Waals surface area contributed by atoms with Crippen molar-refractivity contribution in [2.24, 2.45) is 0 Å². The van der Waals surface area contributed by atoms with Crippen LogP contribution in [0.25, 0.3) is 16.2 Å². The summed E-state index contributed by atoms with van der Waals surface area (Å²) in [5.41, 5.74) is 2.99. The van der Waals surface area contributed by atoms with Gasteiger partial charge in [-0.1, -0.05) is 29.5 Å². The summed E-state index contributed by atoms with van der Waals surface area (Å²) < 4.78 is 1.83. The predicted octanol–water partition coefficient (Wildman–Crippen LogP) is 3.60. The molecule has 4 rings (SSSR count). The fourth-order valence-corrected chi connectivity index (χ4v) is 3.87. The van der Waals surface area contributed by atoms with Gasteiger partial charge in [0, 0.05) is 48.5 Å². The van der Waals surface area contributed by atoms with Gasteiger partial charge in [-0.05, 0) is 18.6 Å². The first-order valence-corrected chi connectivity index (χ1v) is 9.25. The molecular weight excluding hydrogens is 378 g/mol. The predicted molar refractivity (Wildman–Crippen MR) is 105 cm³/mol. The lowest BCUT2D eigenvalue weighted by Gasteiger charge is -2.04. The number of nitro groups is 1. The van der Waals surface area contributed by atoms with Crippen LogP contribution in [0.5, 0.6) is 0 Å². The highest BCUT2D eigenvalue weighted by molar-refractivity contribution is 7.19. The number of hydrogen-bond donors (Lipinski definition) is 1. The molecule has 3 aromatic heterocycles. The summed E-state index contributed by atoms with van der Waals surface area (Å²) >= 11 is 1.28. The van der Waals surface area contributed by atoms with E-state index in [1.165, 1.54) is 23.5 Å². The molecule has 3 heterocycles. The zero-order valence-corrected chi connectivity index (χ0v) is 15.6. The molecule has 4 aromatic rings. The van der Waals surface area contributed by atoms with Crippen LogP contribution >= 0.6 is 11.3 Å². The van der Waals surface area contributed by atoms with Gasteiger partial charge >= 0.3 is 0 Å². The van der Waals surface area contributed by atoms with E-state index in [0.717, 1.165) is 11.3 Å². The van der Waals surface area contributed by atoms with Gasteiger partial charge in [0.05, 0.1) is 10.6 Å². The average molecular weight is 393 g/mol. The number of nitrogens with zero attached hydrogens (tertiary/aromatic N) is 4. The first kappa shape index (κ1) is 17.8. The number of imidazole rings is 1. The molecule has 0 saturated heterocycles. The molecule has 0 atom stereocenters. The number of aryl methyl sites for hydroxylation is 1. The van der Waals surface area contributed by atoms with Crippen LogP contribution < -0.4 is 5.32 Å². The molecule has 0 spiro atoms. The summed E-state index contributed by atoms with van der Waals surface area (Å²) in [4.78, 5) is 32.9. The van der Waals surface area contributed by atoms with Gasteiger partial charge in [0.1, 0.15) is 4.88 Å². The third-order valence-electron chi connectivity index (χ3n) is 4.29. The van der Waals surface area contributed by atoms with Crippen molar-refractivity contribution in [3.05, 3.63) is 81.2 Å². The first-order chi connectivity index (χ1) is 13.5. The number of amides is 1. The van der Waals surface area contributed by atoms with Crippen LogP contribution in [-0.4, -0.2) is 25.2 Å². The average Bonchev–Trinajstić information content (AvgIpc) is 3.27. The highest BCUT2D eigenvalue weighted by Gasteiger charge is 2.18. The maximum atomic E-state index is 12.5. The van der Waals surface area contributed by atoms with Gasteiger partial charge < -0.3 is 5.32 Å². The minimum absolute atomic E-state index is 0.0149. The second-order valence-electron chi connectivity index (χ2n) is 6.15. The lowest BCUT2D eigenvalue weighted by atomic mass is 10.1. The Labute approximate surface area is 163 Å². The Bertz CT molecular complexity index is 1180. The Morgan fingerprint density at radius 3 is 2.89 bits per heavy atom. The summed E-state index contributed by atoms with van der Waals surface area (Å²) in [6, 6.07) is 10.1. The standard InChI is InChI=1S/C19H15N5O3S/c1-12-17(18(25)21-10-13-4-3-7-20-9-13)28-19-22-16(11-23(12)19)14-5-2-6-15(8-14)24(26)27/h2-9,11H,10H2,1H3,(H,21,25). The second kappa shape index (κ2) is 7.20. The molecule has 0 aliphatic heterocycles. The fraction of sp³-hybridized carbons (Fsp3) is 0.105. The molecule has 0 saturated carbocycles. The van der Waals surface area contributed by atoms with Crippen LogP contribution in [-0.2, 0) is 6.54 Å². The van der Waals surface area contributed by atoms with Gasteiger partial charge in [-0.2, -0.15) is 0 Å². The summed E-state index contributed by atoms with van der Waals surface area (Å²) in [6.45, 7) is 2.24. The maximum absolute atomic E-state index is 12.5. The minimum Gasteiger partial charge on any atom is -0.347 e. The Balaban J connectivity index is 1.58. The Morgan fingerprint density at radius 1 is 1.32 bits per heavy atom. The van der Waals surface area contributed by atoms with Crippen LogP contribution in [0.15, 0.2) is 55.0 Å². The molecule has 8 nitrogen and oxygen atoms in total. The number of carbonyl (C=O) groups is 1. The quantitative estimate of drug-likeness (QED) is 0.412. The number of pyridine rings is 1. The number of thiazole rings is 1. The van der Waals surface area contributed by atoms with Gasteiger partial charge in [0.15, 0.2) is 4.96 Å². The van der Waals surface area contributed by atoms with Crippen molar-refractivity contribution in [1.29, 1.82) is 0 Å². The fourth-order valence-electron chi connectivity index (χ4n) is 2.84. The number of rotatable bonds is 5. The third kappa shape index (κ3) is 3.35. The SMILES string of the molecule is Cc1c(C(=O)NCc2cccnc2)sc2nc(-c3cccc([N+](=O)[O-])c3)cn12. The molecular formula is C19H15N5O3S. The first-order valence-electron chi connectivity index (χ1n) is 8.43. The Morgan fingerprint density at radius 2 is 2.18 bits per heavy atom. The van der Waals surface area contributed by atoms with E-state index in [1.54, 1.807) is 30.7 Å². The van der Waals surface area contributed by atoms with Crippen molar-refractivity contribution >= 4 is 27.9 Å². The summed E-state index contributed by atoms with van der Waals surface area (Å²) in [5, 5.41) is 13.9. The highest BCUT2D eigenvalue weighted by Crippen LogP contribution is 2.28. The second-order valence-corrected chi connectivity index (χ2v) is 7.12. The number of nitro benzene ring substituents is 1. The van der Waals surface area contributed by atoms with Crippen molar-refractivity contribution in [3.8, 4) is 11.3 Å². The maximum Gasteiger partial charge on any atom is 0.270 e. The number of carbonyl (C=O) groups excluding carboxylic acids is 1. The van der Waals surface area contributed by atoms with E-state index in [0.29, 0.717) is 27.6 Å². The van der Waals surface area contributed by atoms with E-state index in [4.69, 9.17) is 0 Å². The third-order valence-corrected chi connectivity index (χ3v) is 5.45. The van der Waals surface area contributed by atoms with E-state index < -0.39 is 4.92 Å². The minimum atomic E-state index is -0.433. The summed E-state index contributed by atoms with van der Waals surface area (Å²) in [6.07, 6.45) is 5.18. The van der Waals surface area contributed by atoms with Crippen molar-refractivity contribution in [1.82, 2.24) is 19.7 Å². The van der Waals surface area contributed by atoms with Gasteiger partial charge in [-0.25, -0.2) is 4.98 Å². The van der Waals surface area contributed by atoms with Crippen LogP contribution in [0.2, 0.25) is 0 Å². The normalized spacial score (nSPS) is 10.9. The molecule has 0 bridgehead atoms. The largest absolute Gasteiger partial charge is 0.347 e. The van der Waals surface area contributed by atoms with E-state index >= 15 is 0 Å². The Kier molecular flexibility index (Phi) is 4.58. The molecule has 0 fully saturated rings. The molecule has 0 radical (unpaired) electrons. The van der Waals surface area contributed by atoms with Crippen LogP contribution in [0.1, 0.15) is 20.9 Å². The molecule has 0 aliphatic rings. The van der Waals surface area contributed by atoms with E-state index in [2.05, 4.69) is 15.3 Å². The molecule has 0 unspecified atom stereocenters. The molecule has 1 aromatic carbocycles. The molecule has 28 heavy (non-hydrogen) atoms. The van der Waals surface area contributed by atoms with E-state index in [9.17, 15) is 14.9 Å². The van der Waals surface area contributed by atoms with Crippen molar-refractivity contribution in [3.63, 3.8) is 0 Å². The van der Waals surface area contributed by atoms with Gasteiger partial charge in [-0.15, -0.1) is 0 Å². The van der Waals surface area contributed by atoms with E-state index in [1.807, 2.05) is 23.5 Å². The molecule has 1 N–H and O–H groups in total. The smallest absolute Gasteiger partial charge is 0.270 e. The van der Waals surface area contributed by atoms with Crippen molar-refractivity contribution in [2.45, 2.75) is 13.5 Å². The zero-order chi connectivity index (χ0) is 19.7. The summed E-state index contributed by atoms with van der Waals surface area (Å²) in [7, 11) is 0. The topological polar surface area (TPSA) is 102 Å². The van der Waals surface area contributed by atoms with Crippen LogP contribution in [0.4, 0.5) is 5.69 Å².